The van der Waals surface area contributed by atoms with Crippen LogP contribution in [0.1, 0.15) is 64.5 Å². The van der Waals surface area contributed by atoms with Crippen molar-refractivity contribution in [2.24, 2.45) is 5.92 Å². The van der Waals surface area contributed by atoms with E-state index in [1.54, 1.807) is 0 Å². The maximum Gasteiger partial charge on any atom is 0.0792 e. The molecule has 0 heterocycles. The van der Waals surface area contributed by atoms with E-state index in [0.29, 0.717) is 5.92 Å². The third kappa shape index (κ3) is 6.01. The third-order valence-corrected chi connectivity index (χ3v) is 4.57. The zero-order valence-electron chi connectivity index (χ0n) is 12.6. The zero-order chi connectivity index (χ0) is 14.1. The number of unbranched alkanes of at least 4 members (excludes halogenated alkanes) is 1. The van der Waals surface area contributed by atoms with Gasteiger partial charge >= 0.3 is 0 Å². The lowest BCUT2D eigenvalue weighted by Gasteiger charge is -2.19. The van der Waals surface area contributed by atoms with Gasteiger partial charge in [0, 0.05) is 4.90 Å². The second kappa shape index (κ2) is 9.44. The first-order valence-corrected chi connectivity index (χ1v) is 8.60. The maximum absolute atomic E-state index is 10.3. The molecule has 2 unspecified atom stereocenters. The smallest absolute Gasteiger partial charge is 0.0792 e. The standard InChI is InChI=1S/C17H28OS/c1-4-7-8-14(5-2)13-17(18)15-9-11-16(12-10-15)19-6-3/h9-12,14,17-18H,4-8,13H2,1-3H3. The molecular weight excluding hydrogens is 252 g/mol. The molecule has 1 nitrogen and oxygen atoms in total. The van der Waals surface area contributed by atoms with Crippen LogP contribution in [0.15, 0.2) is 29.2 Å². The van der Waals surface area contributed by atoms with Crippen LogP contribution in [0.25, 0.3) is 0 Å². The van der Waals surface area contributed by atoms with E-state index in [2.05, 4.69) is 45.0 Å². The van der Waals surface area contributed by atoms with Crippen molar-refractivity contribution in [3.05, 3.63) is 29.8 Å². The molecule has 0 spiro atoms. The molecule has 0 aliphatic heterocycles. The van der Waals surface area contributed by atoms with E-state index in [1.165, 1.54) is 30.6 Å². The Morgan fingerprint density at radius 2 is 1.79 bits per heavy atom. The Hall–Kier alpha value is -0.470. The van der Waals surface area contributed by atoms with Crippen molar-refractivity contribution < 1.29 is 5.11 Å². The number of aliphatic hydroxyl groups excluding tert-OH is 1. The highest BCUT2D eigenvalue weighted by molar-refractivity contribution is 7.99. The van der Waals surface area contributed by atoms with Crippen molar-refractivity contribution in [3.8, 4) is 0 Å². The number of aliphatic hydroxyl groups is 1. The minimum absolute atomic E-state index is 0.303. The van der Waals surface area contributed by atoms with Gasteiger partial charge in [0.15, 0.2) is 0 Å². The SMILES string of the molecule is CCCCC(CC)CC(O)c1ccc(SCC)cc1. The van der Waals surface area contributed by atoms with E-state index in [9.17, 15) is 5.11 Å². The van der Waals surface area contributed by atoms with E-state index in [4.69, 9.17) is 0 Å². The number of rotatable bonds is 9. The van der Waals surface area contributed by atoms with Gasteiger partial charge in [0.1, 0.15) is 0 Å². The molecule has 0 aliphatic rings. The summed E-state index contributed by atoms with van der Waals surface area (Å²) in [5, 5.41) is 10.3. The summed E-state index contributed by atoms with van der Waals surface area (Å²) >= 11 is 1.84. The predicted octanol–water partition coefficient (Wildman–Crippen LogP) is 5.44. The molecule has 1 N–H and O–H groups in total. The summed E-state index contributed by atoms with van der Waals surface area (Å²) in [6, 6.07) is 8.41. The van der Waals surface area contributed by atoms with Gasteiger partial charge in [-0.3, -0.25) is 0 Å². The summed E-state index contributed by atoms with van der Waals surface area (Å²) in [5.74, 6) is 1.75. The van der Waals surface area contributed by atoms with Gasteiger partial charge in [-0.1, -0.05) is 58.6 Å². The molecule has 108 valence electrons. The fourth-order valence-corrected chi connectivity index (χ4v) is 3.05. The summed E-state index contributed by atoms with van der Waals surface area (Å²) in [6.07, 6.45) is 5.53. The van der Waals surface area contributed by atoms with E-state index in [-0.39, 0.29) is 6.10 Å². The van der Waals surface area contributed by atoms with Crippen LogP contribution in [0, 0.1) is 5.92 Å². The first-order valence-electron chi connectivity index (χ1n) is 7.62. The van der Waals surface area contributed by atoms with Crippen LogP contribution in [0.4, 0.5) is 0 Å². The molecular formula is C17H28OS. The molecule has 0 amide bonds. The lowest BCUT2D eigenvalue weighted by Crippen LogP contribution is -2.07. The highest BCUT2D eigenvalue weighted by Gasteiger charge is 2.14. The van der Waals surface area contributed by atoms with Gasteiger partial charge in [-0.15, -0.1) is 11.8 Å². The number of thioether (sulfide) groups is 1. The monoisotopic (exact) mass is 280 g/mol. The largest absolute Gasteiger partial charge is 0.388 e. The number of hydrogen-bond donors (Lipinski definition) is 1. The Labute approximate surface area is 122 Å². The van der Waals surface area contributed by atoms with Crippen molar-refractivity contribution in [1.82, 2.24) is 0 Å². The summed E-state index contributed by atoms with van der Waals surface area (Å²) in [7, 11) is 0. The minimum Gasteiger partial charge on any atom is -0.388 e. The second-order valence-electron chi connectivity index (χ2n) is 5.17. The van der Waals surface area contributed by atoms with Gasteiger partial charge in [0.05, 0.1) is 6.10 Å². The quantitative estimate of drug-likeness (QED) is 0.608. The molecule has 0 saturated heterocycles. The average Bonchev–Trinajstić information content (AvgIpc) is 2.44. The van der Waals surface area contributed by atoms with Crippen molar-refractivity contribution >= 4 is 11.8 Å². The molecule has 2 atom stereocenters. The summed E-state index contributed by atoms with van der Waals surface area (Å²) < 4.78 is 0. The molecule has 0 aromatic heterocycles. The normalized spacial score (nSPS) is 14.3. The zero-order valence-corrected chi connectivity index (χ0v) is 13.4. The number of hydrogen-bond acceptors (Lipinski definition) is 2. The molecule has 19 heavy (non-hydrogen) atoms. The van der Waals surface area contributed by atoms with Gasteiger partial charge in [-0.2, -0.15) is 0 Å². The molecule has 1 aromatic carbocycles. The van der Waals surface area contributed by atoms with Crippen molar-refractivity contribution in [2.45, 2.75) is 63.9 Å². The molecule has 0 radical (unpaired) electrons. The van der Waals surface area contributed by atoms with Crippen molar-refractivity contribution in [2.75, 3.05) is 5.75 Å². The van der Waals surface area contributed by atoms with Gasteiger partial charge in [-0.05, 0) is 35.8 Å². The van der Waals surface area contributed by atoms with Crippen LogP contribution in [0.2, 0.25) is 0 Å². The maximum atomic E-state index is 10.3. The Bertz CT molecular complexity index is 334. The van der Waals surface area contributed by atoms with Crippen LogP contribution in [0.5, 0.6) is 0 Å². The first-order chi connectivity index (χ1) is 9.21. The van der Waals surface area contributed by atoms with Crippen LogP contribution in [-0.4, -0.2) is 10.9 Å². The molecule has 0 aliphatic carbocycles. The van der Waals surface area contributed by atoms with Gasteiger partial charge in [-0.25, -0.2) is 0 Å². The van der Waals surface area contributed by atoms with Crippen molar-refractivity contribution in [3.63, 3.8) is 0 Å². The highest BCUT2D eigenvalue weighted by atomic mass is 32.2. The van der Waals surface area contributed by atoms with E-state index in [1.807, 2.05) is 11.8 Å². The Morgan fingerprint density at radius 3 is 2.32 bits per heavy atom. The Balaban J connectivity index is 2.53. The Kier molecular flexibility index (Phi) is 8.24. The molecule has 0 saturated carbocycles. The summed E-state index contributed by atoms with van der Waals surface area (Å²) in [5.41, 5.74) is 1.07. The van der Waals surface area contributed by atoms with Crippen LogP contribution < -0.4 is 0 Å². The molecule has 2 heteroatoms. The van der Waals surface area contributed by atoms with E-state index < -0.39 is 0 Å². The Morgan fingerprint density at radius 1 is 1.11 bits per heavy atom. The summed E-state index contributed by atoms with van der Waals surface area (Å²) in [6.45, 7) is 6.62. The first kappa shape index (κ1) is 16.6. The minimum atomic E-state index is -0.303. The van der Waals surface area contributed by atoms with Gasteiger partial charge in [0.25, 0.3) is 0 Å². The van der Waals surface area contributed by atoms with Gasteiger partial charge < -0.3 is 5.11 Å². The fourth-order valence-electron chi connectivity index (χ4n) is 2.39. The molecule has 0 bridgehead atoms. The van der Waals surface area contributed by atoms with Crippen LogP contribution in [0.3, 0.4) is 0 Å². The highest BCUT2D eigenvalue weighted by Crippen LogP contribution is 2.28. The van der Waals surface area contributed by atoms with Crippen molar-refractivity contribution in [1.29, 1.82) is 0 Å². The number of benzene rings is 1. The molecule has 0 fully saturated rings. The predicted molar refractivity (Wildman–Crippen MR) is 85.7 cm³/mol. The van der Waals surface area contributed by atoms with Crippen LogP contribution >= 0.6 is 11.8 Å². The third-order valence-electron chi connectivity index (χ3n) is 3.68. The lowest BCUT2D eigenvalue weighted by atomic mass is 9.91. The van der Waals surface area contributed by atoms with Gasteiger partial charge in [0.2, 0.25) is 0 Å². The molecule has 1 aromatic rings. The summed E-state index contributed by atoms with van der Waals surface area (Å²) in [4.78, 5) is 1.29. The van der Waals surface area contributed by atoms with E-state index >= 15 is 0 Å². The second-order valence-corrected chi connectivity index (χ2v) is 6.51. The van der Waals surface area contributed by atoms with Crippen LogP contribution in [-0.2, 0) is 0 Å². The fraction of sp³-hybridized carbons (Fsp3) is 0.647. The average molecular weight is 280 g/mol. The lowest BCUT2D eigenvalue weighted by molar-refractivity contribution is 0.139. The van der Waals surface area contributed by atoms with E-state index in [0.717, 1.165) is 17.7 Å². The topological polar surface area (TPSA) is 20.2 Å². The molecule has 1 rings (SSSR count).